The van der Waals surface area contributed by atoms with Crippen molar-refractivity contribution in [3.05, 3.63) is 16.5 Å². The van der Waals surface area contributed by atoms with Crippen LogP contribution in [0, 0.1) is 12.8 Å². The molecule has 19 heavy (non-hydrogen) atoms. The first-order valence-electron chi connectivity index (χ1n) is 6.26. The van der Waals surface area contributed by atoms with Crippen LogP contribution in [0.15, 0.2) is 9.59 Å². The molecular weight excluding hydrogens is 284 g/mol. The minimum absolute atomic E-state index is 0.0681. The van der Waals surface area contributed by atoms with E-state index in [0.717, 1.165) is 30.6 Å². The van der Waals surface area contributed by atoms with Crippen molar-refractivity contribution in [2.75, 3.05) is 0 Å². The van der Waals surface area contributed by atoms with E-state index in [1.807, 2.05) is 0 Å². The molecule has 0 saturated heterocycles. The van der Waals surface area contributed by atoms with Gasteiger partial charge in [0.05, 0.1) is 5.56 Å². The summed E-state index contributed by atoms with van der Waals surface area (Å²) in [6.07, 6.45) is 3.25. The minimum atomic E-state index is -3.74. The molecule has 1 aromatic heterocycles. The Hall–Kier alpha value is -0.920. The van der Waals surface area contributed by atoms with E-state index in [2.05, 4.69) is 12.2 Å². The van der Waals surface area contributed by atoms with Gasteiger partial charge in [0, 0.05) is 11.4 Å². The lowest BCUT2D eigenvalue weighted by molar-refractivity contribution is 0.0948. The number of sulfonamides is 1. The average molecular weight is 302 g/mol. The fourth-order valence-corrected chi connectivity index (χ4v) is 4.28. The maximum atomic E-state index is 12.1. The summed E-state index contributed by atoms with van der Waals surface area (Å²) < 4.78 is 22.7. The number of hydrogen-bond acceptors (Lipinski definition) is 4. The standard InChI is InChI=1S/C12H18N2O3S2/c1-3-4-8-5-10(8)14-11(15)9-6-18-12(7(9)2)19(13,16)17/h6,8,10H,3-5H2,1-2H3,(H,14,15)(H2,13,16,17). The Labute approximate surface area is 117 Å². The van der Waals surface area contributed by atoms with Gasteiger partial charge in [-0.15, -0.1) is 11.3 Å². The predicted molar refractivity (Wildman–Crippen MR) is 74.7 cm³/mol. The van der Waals surface area contributed by atoms with Crippen LogP contribution in [0.3, 0.4) is 0 Å². The van der Waals surface area contributed by atoms with Crippen LogP contribution in [0.4, 0.5) is 0 Å². The highest BCUT2D eigenvalue weighted by Gasteiger charge is 2.37. The normalized spacial score (nSPS) is 22.3. The third-order valence-corrected chi connectivity index (χ3v) is 6.08. The van der Waals surface area contributed by atoms with Crippen LogP contribution in [0.5, 0.6) is 0 Å². The van der Waals surface area contributed by atoms with E-state index in [1.54, 1.807) is 12.3 Å². The highest BCUT2D eigenvalue weighted by atomic mass is 32.2. The summed E-state index contributed by atoms with van der Waals surface area (Å²) in [5.74, 6) is 0.373. The molecule has 2 atom stereocenters. The summed E-state index contributed by atoms with van der Waals surface area (Å²) in [6, 6.07) is 0.240. The Morgan fingerprint density at radius 2 is 2.26 bits per heavy atom. The predicted octanol–water partition coefficient (Wildman–Crippen LogP) is 1.62. The van der Waals surface area contributed by atoms with Gasteiger partial charge in [0.15, 0.2) is 0 Å². The fourth-order valence-electron chi connectivity index (χ4n) is 2.26. The number of amides is 1. The van der Waals surface area contributed by atoms with E-state index in [9.17, 15) is 13.2 Å². The van der Waals surface area contributed by atoms with Gasteiger partial charge < -0.3 is 5.32 Å². The van der Waals surface area contributed by atoms with Crippen LogP contribution in [0.2, 0.25) is 0 Å². The zero-order valence-corrected chi connectivity index (χ0v) is 12.6. The number of thiophene rings is 1. The number of nitrogens with two attached hydrogens (primary N) is 1. The molecular formula is C12H18N2O3S2. The summed E-state index contributed by atoms with van der Waals surface area (Å²) in [7, 11) is -3.74. The summed E-state index contributed by atoms with van der Waals surface area (Å²) in [5, 5.41) is 9.60. The number of hydrogen-bond donors (Lipinski definition) is 2. The maximum absolute atomic E-state index is 12.1. The lowest BCUT2D eigenvalue weighted by Gasteiger charge is -2.04. The van der Waals surface area contributed by atoms with Crippen LogP contribution >= 0.6 is 11.3 Å². The zero-order chi connectivity index (χ0) is 14.2. The van der Waals surface area contributed by atoms with Crippen molar-refractivity contribution in [1.29, 1.82) is 0 Å². The molecule has 0 radical (unpaired) electrons. The van der Waals surface area contributed by atoms with Crippen molar-refractivity contribution >= 4 is 27.3 Å². The van der Waals surface area contributed by atoms with Crippen molar-refractivity contribution < 1.29 is 13.2 Å². The Kier molecular flexibility index (Phi) is 3.98. The van der Waals surface area contributed by atoms with Crippen LogP contribution in [-0.4, -0.2) is 20.4 Å². The largest absolute Gasteiger partial charge is 0.349 e. The molecule has 0 aliphatic heterocycles. The lowest BCUT2D eigenvalue weighted by atomic mass is 10.2. The molecule has 0 aromatic carbocycles. The first-order valence-corrected chi connectivity index (χ1v) is 8.69. The first-order chi connectivity index (χ1) is 8.84. The molecule has 5 nitrogen and oxygen atoms in total. The molecule has 1 aliphatic rings. The molecule has 1 aromatic rings. The second-order valence-corrected chi connectivity index (χ2v) is 7.61. The van der Waals surface area contributed by atoms with E-state index >= 15 is 0 Å². The molecule has 1 amide bonds. The second-order valence-electron chi connectivity index (χ2n) is 4.97. The van der Waals surface area contributed by atoms with E-state index < -0.39 is 10.0 Å². The second kappa shape index (κ2) is 5.22. The van der Waals surface area contributed by atoms with E-state index in [1.165, 1.54) is 0 Å². The van der Waals surface area contributed by atoms with Gasteiger partial charge in [-0.1, -0.05) is 13.3 Å². The molecule has 1 aliphatic carbocycles. The lowest BCUT2D eigenvalue weighted by Crippen LogP contribution is -2.27. The van der Waals surface area contributed by atoms with Crippen LogP contribution in [0.25, 0.3) is 0 Å². The Balaban J connectivity index is 2.07. The maximum Gasteiger partial charge on any atom is 0.252 e. The van der Waals surface area contributed by atoms with Gasteiger partial charge in [-0.25, -0.2) is 13.6 Å². The van der Waals surface area contributed by atoms with E-state index in [4.69, 9.17) is 5.14 Å². The molecule has 0 bridgehead atoms. The van der Waals surface area contributed by atoms with Crippen LogP contribution < -0.4 is 10.5 Å². The molecule has 0 spiro atoms. The molecule has 2 unspecified atom stereocenters. The van der Waals surface area contributed by atoms with Gasteiger partial charge in [-0.05, 0) is 31.2 Å². The Bertz CT molecular complexity index is 592. The highest BCUT2D eigenvalue weighted by Crippen LogP contribution is 2.35. The van der Waals surface area contributed by atoms with Gasteiger partial charge >= 0.3 is 0 Å². The molecule has 1 heterocycles. The summed E-state index contributed by atoms with van der Waals surface area (Å²) in [6.45, 7) is 3.74. The van der Waals surface area contributed by atoms with E-state index in [0.29, 0.717) is 17.0 Å². The van der Waals surface area contributed by atoms with Gasteiger partial charge in [-0.3, -0.25) is 4.79 Å². The monoisotopic (exact) mass is 302 g/mol. The number of nitrogens with one attached hydrogen (secondary N) is 1. The van der Waals surface area contributed by atoms with Crippen molar-refractivity contribution in [1.82, 2.24) is 5.32 Å². The summed E-state index contributed by atoms with van der Waals surface area (Å²) in [5.41, 5.74) is 0.855. The minimum Gasteiger partial charge on any atom is -0.349 e. The number of rotatable bonds is 5. The molecule has 106 valence electrons. The molecule has 7 heteroatoms. The van der Waals surface area contributed by atoms with Crippen molar-refractivity contribution in [2.45, 2.75) is 43.4 Å². The third kappa shape index (κ3) is 3.16. The third-order valence-electron chi connectivity index (χ3n) is 3.40. The van der Waals surface area contributed by atoms with Gasteiger partial charge in [-0.2, -0.15) is 0 Å². The fraction of sp³-hybridized carbons (Fsp3) is 0.583. The van der Waals surface area contributed by atoms with Crippen LogP contribution in [0.1, 0.15) is 42.1 Å². The number of carbonyl (C=O) groups is 1. The number of primary sulfonamides is 1. The van der Waals surface area contributed by atoms with Crippen molar-refractivity contribution in [3.63, 3.8) is 0 Å². The highest BCUT2D eigenvalue weighted by molar-refractivity contribution is 7.91. The molecule has 1 fully saturated rings. The van der Waals surface area contributed by atoms with Crippen molar-refractivity contribution in [3.8, 4) is 0 Å². The van der Waals surface area contributed by atoms with Gasteiger partial charge in [0.2, 0.25) is 10.0 Å². The first kappa shape index (κ1) is 14.5. The molecule has 3 N–H and O–H groups in total. The van der Waals surface area contributed by atoms with E-state index in [-0.39, 0.29) is 16.2 Å². The zero-order valence-electron chi connectivity index (χ0n) is 11.0. The summed E-state index contributed by atoms with van der Waals surface area (Å²) in [4.78, 5) is 12.1. The van der Waals surface area contributed by atoms with Gasteiger partial charge in [0.25, 0.3) is 5.91 Å². The SMILES string of the molecule is CCCC1CC1NC(=O)c1csc(S(N)(=O)=O)c1C. The van der Waals surface area contributed by atoms with Crippen molar-refractivity contribution in [2.24, 2.45) is 11.1 Å². The molecule has 2 rings (SSSR count). The Morgan fingerprint density at radius 3 is 2.79 bits per heavy atom. The number of carbonyl (C=O) groups excluding carboxylic acids is 1. The quantitative estimate of drug-likeness (QED) is 0.866. The average Bonchev–Trinajstić information content (AvgIpc) is 2.87. The molecule has 1 saturated carbocycles. The smallest absolute Gasteiger partial charge is 0.252 e. The summed E-state index contributed by atoms with van der Waals surface area (Å²) >= 11 is 0.996. The van der Waals surface area contributed by atoms with Crippen LogP contribution in [-0.2, 0) is 10.0 Å². The Morgan fingerprint density at radius 1 is 1.58 bits per heavy atom. The topological polar surface area (TPSA) is 89.3 Å². The van der Waals surface area contributed by atoms with Gasteiger partial charge in [0.1, 0.15) is 4.21 Å².